The van der Waals surface area contributed by atoms with Crippen molar-refractivity contribution in [2.24, 2.45) is 11.8 Å². The van der Waals surface area contributed by atoms with Gasteiger partial charge in [-0.3, -0.25) is 0 Å². The first-order chi connectivity index (χ1) is 18.4. The molecule has 0 saturated heterocycles. The zero-order chi connectivity index (χ0) is 26.6. The molecule has 0 aromatic heterocycles. The number of hydrogen-bond donors (Lipinski definition) is 0. The van der Waals surface area contributed by atoms with Gasteiger partial charge in [-0.25, -0.2) is 0 Å². The lowest BCUT2D eigenvalue weighted by molar-refractivity contribution is 0.232. The highest BCUT2D eigenvalue weighted by Crippen LogP contribution is 2.42. The van der Waals surface area contributed by atoms with Crippen LogP contribution in [-0.4, -0.2) is 6.61 Å². The average Bonchev–Trinajstić information content (AvgIpc) is 3.07. The van der Waals surface area contributed by atoms with Crippen molar-refractivity contribution in [2.45, 2.75) is 105 Å². The largest absolute Gasteiger partial charge is 0.493 e. The lowest BCUT2D eigenvalue weighted by Crippen LogP contribution is -2.10. The van der Waals surface area contributed by atoms with Crippen molar-refractivity contribution < 1.29 is 4.74 Å². The molecular formula is C37H48O. The van der Waals surface area contributed by atoms with Gasteiger partial charge >= 0.3 is 0 Å². The number of aryl methyl sites for hydroxylation is 1. The fourth-order valence-corrected chi connectivity index (χ4v) is 7.02. The van der Waals surface area contributed by atoms with E-state index in [9.17, 15) is 0 Å². The van der Waals surface area contributed by atoms with E-state index in [1.807, 2.05) is 0 Å². The maximum absolute atomic E-state index is 6.13. The van der Waals surface area contributed by atoms with Gasteiger partial charge < -0.3 is 4.74 Å². The highest BCUT2D eigenvalue weighted by molar-refractivity contribution is 5.82. The molecule has 0 N–H and O–H groups in total. The van der Waals surface area contributed by atoms with Crippen LogP contribution in [0.3, 0.4) is 0 Å². The van der Waals surface area contributed by atoms with Crippen LogP contribution < -0.4 is 0 Å². The lowest BCUT2D eigenvalue weighted by atomic mass is 9.83. The Balaban J connectivity index is 1.54. The van der Waals surface area contributed by atoms with Gasteiger partial charge in [0.05, 0.1) is 0 Å². The third-order valence-electron chi connectivity index (χ3n) is 9.59. The predicted octanol–water partition coefficient (Wildman–Crippen LogP) is 10.8. The van der Waals surface area contributed by atoms with E-state index < -0.39 is 0 Å². The summed E-state index contributed by atoms with van der Waals surface area (Å²) < 4.78 is 6.13. The number of rotatable bonds is 5. The highest BCUT2D eigenvalue weighted by Gasteiger charge is 2.25. The van der Waals surface area contributed by atoms with E-state index in [0.717, 1.165) is 24.5 Å². The van der Waals surface area contributed by atoms with E-state index in [2.05, 4.69) is 77.1 Å². The van der Waals surface area contributed by atoms with Gasteiger partial charge in [0.2, 0.25) is 0 Å². The van der Waals surface area contributed by atoms with Gasteiger partial charge in [0.15, 0.2) is 0 Å². The van der Waals surface area contributed by atoms with E-state index in [1.165, 1.54) is 102 Å². The third kappa shape index (κ3) is 6.19. The quantitative estimate of drug-likeness (QED) is 0.384. The topological polar surface area (TPSA) is 9.23 Å². The molecule has 0 amide bonds. The van der Waals surface area contributed by atoms with E-state index in [-0.39, 0.29) is 0 Å². The van der Waals surface area contributed by atoms with Crippen LogP contribution in [0.25, 0.3) is 5.57 Å². The second-order valence-electron chi connectivity index (χ2n) is 12.5. The molecular weight excluding hydrogens is 460 g/mol. The molecule has 0 bridgehead atoms. The summed E-state index contributed by atoms with van der Waals surface area (Å²) in [5.74, 6) is 2.68. The number of hydrogen-bond acceptors (Lipinski definition) is 1. The standard InChI is InChI=1S/C37H48O/c1-25-11-17-32(18-12-25)36-22-31(15-14-30-9-7-6-8-10-30)16-19-33-23-34(21-26(2)13-20-35(33)36)37-28(4)27(3)24-38-29(37)5/h11-12,17-18,21-23,30-31H,6-10,13-16,19-20,24H2,1-5H3. The van der Waals surface area contributed by atoms with Crippen LogP contribution in [0, 0.1) is 18.8 Å². The molecule has 1 atom stereocenters. The van der Waals surface area contributed by atoms with Crippen molar-refractivity contribution in [1.29, 1.82) is 0 Å². The fraction of sp³-hybridized carbons (Fsp3) is 0.514. The van der Waals surface area contributed by atoms with E-state index in [0.29, 0.717) is 12.5 Å². The van der Waals surface area contributed by atoms with Crippen LogP contribution >= 0.6 is 0 Å². The predicted molar refractivity (Wildman–Crippen MR) is 163 cm³/mol. The van der Waals surface area contributed by atoms with Gasteiger partial charge in [-0.15, -0.1) is 0 Å². The van der Waals surface area contributed by atoms with Crippen molar-refractivity contribution >= 4 is 5.57 Å². The van der Waals surface area contributed by atoms with Gasteiger partial charge in [0.25, 0.3) is 0 Å². The van der Waals surface area contributed by atoms with Crippen LogP contribution in [0.5, 0.6) is 0 Å². The van der Waals surface area contributed by atoms with E-state index in [4.69, 9.17) is 4.74 Å². The molecule has 0 radical (unpaired) electrons. The van der Waals surface area contributed by atoms with Crippen LogP contribution in [0.2, 0.25) is 0 Å². The molecule has 1 heterocycles. The normalized spacial score (nSPS) is 23.6. The first kappa shape index (κ1) is 27.0. The number of allylic oxidation sites excluding steroid dienone is 11. The van der Waals surface area contributed by atoms with Crippen molar-refractivity contribution in [3.8, 4) is 0 Å². The van der Waals surface area contributed by atoms with Crippen LogP contribution in [0.1, 0.15) is 109 Å². The van der Waals surface area contributed by atoms with E-state index in [1.54, 1.807) is 11.1 Å². The van der Waals surface area contributed by atoms with E-state index >= 15 is 0 Å². The molecule has 1 fully saturated rings. The molecule has 3 aliphatic carbocycles. The molecule has 202 valence electrons. The van der Waals surface area contributed by atoms with Gasteiger partial charge in [0, 0.05) is 5.57 Å². The minimum atomic E-state index is 0.662. The first-order valence-corrected chi connectivity index (χ1v) is 15.3. The Labute approximate surface area is 232 Å². The first-order valence-electron chi connectivity index (χ1n) is 15.3. The van der Waals surface area contributed by atoms with Gasteiger partial charge in [-0.2, -0.15) is 0 Å². The zero-order valence-electron chi connectivity index (χ0n) is 24.6. The summed E-state index contributed by atoms with van der Waals surface area (Å²) >= 11 is 0. The Morgan fingerprint density at radius 3 is 2.32 bits per heavy atom. The number of ether oxygens (including phenoxy) is 1. The zero-order valence-corrected chi connectivity index (χ0v) is 24.6. The van der Waals surface area contributed by atoms with Gasteiger partial charge in [-0.05, 0) is 124 Å². The molecule has 1 nitrogen and oxygen atoms in total. The average molecular weight is 509 g/mol. The summed E-state index contributed by atoms with van der Waals surface area (Å²) in [5, 5.41) is 0. The van der Waals surface area contributed by atoms with Crippen molar-refractivity contribution in [3.05, 3.63) is 98.4 Å². The van der Waals surface area contributed by atoms with Crippen molar-refractivity contribution in [3.63, 3.8) is 0 Å². The summed E-state index contributed by atoms with van der Waals surface area (Å²) in [4.78, 5) is 0. The van der Waals surface area contributed by atoms with Crippen molar-refractivity contribution in [1.82, 2.24) is 0 Å². The maximum atomic E-state index is 6.13. The molecule has 0 spiro atoms. The number of benzene rings is 1. The Hall–Kier alpha value is -2.54. The molecule has 1 heteroatoms. The fourth-order valence-electron chi connectivity index (χ4n) is 7.02. The minimum Gasteiger partial charge on any atom is -0.493 e. The Morgan fingerprint density at radius 1 is 0.789 bits per heavy atom. The highest BCUT2D eigenvalue weighted by atomic mass is 16.5. The summed E-state index contributed by atoms with van der Waals surface area (Å²) in [6.45, 7) is 11.9. The SMILES string of the molecule is CC1=CC(C2=C(C)OCC(C)=C2C)=CC2=C(CC1)C(c1ccc(C)cc1)=CC(CCC1CCCCC1)CC2. The van der Waals surface area contributed by atoms with Crippen LogP contribution in [0.15, 0.2) is 87.3 Å². The van der Waals surface area contributed by atoms with Gasteiger partial charge in [0.1, 0.15) is 12.4 Å². The monoisotopic (exact) mass is 508 g/mol. The lowest BCUT2D eigenvalue weighted by Gasteiger charge is -2.25. The molecule has 1 unspecified atom stereocenters. The smallest absolute Gasteiger partial charge is 0.109 e. The maximum Gasteiger partial charge on any atom is 0.109 e. The minimum absolute atomic E-state index is 0.662. The third-order valence-corrected chi connectivity index (χ3v) is 9.59. The second-order valence-corrected chi connectivity index (χ2v) is 12.5. The van der Waals surface area contributed by atoms with Crippen LogP contribution in [0.4, 0.5) is 0 Å². The molecule has 1 aliphatic heterocycles. The Morgan fingerprint density at radius 2 is 1.55 bits per heavy atom. The summed E-state index contributed by atoms with van der Waals surface area (Å²) in [5.41, 5.74) is 14.2. The van der Waals surface area contributed by atoms with Crippen molar-refractivity contribution in [2.75, 3.05) is 6.61 Å². The summed E-state index contributed by atoms with van der Waals surface area (Å²) in [6.07, 6.45) is 22.3. The Bertz CT molecular complexity index is 1220. The summed E-state index contributed by atoms with van der Waals surface area (Å²) in [7, 11) is 0. The second kappa shape index (κ2) is 12.1. The molecule has 1 aromatic carbocycles. The molecule has 5 rings (SSSR count). The molecule has 1 saturated carbocycles. The van der Waals surface area contributed by atoms with Crippen LogP contribution in [-0.2, 0) is 4.74 Å². The molecule has 4 aliphatic rings. The summed E-state index contributed by atoms with van der Waals surface area (Å²) in [6, 6.07) is 9.30. The van der Waals surface area contributed by atoms with Gasteiger partial charge in [-0.1, -0.05) is 85.7 Å². The Kier molecular flexibility index (Phi) is 8.61. The molecule has 1 aromatic rings. The molecule has 38 heavy (non-hydrogen) atoms.